The van der Waals surface area contributed by atoms with Crippen LogP contribution in [-0.2, 0) is 20.9 Å². The smallest absolute Gasteiger partial charge is 0.248 e. The van der Waals surface area contributed by atoms with E-state index in [2.05, 4.69) is 10.3 Å². The molecule has 1 aliphatic heterocycles. The number of nitrogens with zero attached hydrogens (tertiary/aromatic N) is 3. The Morgan fingerprint density at radius 3 is 2.80 bits per heavy atom. The molecule has 1 saturated heterocycles. The topological polar surface area (TPSA) is 95.0 Å². The number of carbonyl (C=O) groups excluding carboxylic acids is 2. The molecule has 0 radical (unpaired) electrons. The van der Waals surface area contributed by atoms with Crippen LogP contribution < -0.4 is 5.32 Å². The molecule has 2 heterocycles. The molecule has 1 aromatic rings. The summed E-state index contributed by atoms with van der Waals surface area (Å²) in [6.45, 7) is 1.58. The fraction of sp³-hybridized carbons (Fsp3) is 0.588. The van der Waals surface area contributed by atoms with Gasteiger partial charge in [0, 0.05) is 39.1 Å². The molecule has 0 unspecified atom stereocenters. The average molecular weight is 350 g/mol. The number of aliphatic hydroxyl groups excluding tert-OH is 1. The average Bonchev–Trinajstić information content (AvgIpc) is 2.57. The maximum atomic E-state index is 12.2. The minimum Gasteiger partial charge on any atom is -0.389 e. The number of β-amino-alcohol motifs (C(OH)–C–C–N with tert-alkyl or cyclic N) is 1. The second-order valence-corrected chi connectivity index (χ2v) is 6.33. The lowest BCUT2D eigenvalue weighted by Crippen LogP contribution is -2.56. The van der Waals surface area contributed by atoms with Crippen LogP contribution in [0.5, 0.6) is 0 Å². The van der Waals surface area contributed by atoms with Crippen LogP contribution in [0.1, 0.15) is 12.0 Å². The Labute approximate surface area is 147 Å². The molecule has 0 aromatic carbocycles. The van der Waals surface area contributed by atoms with E-state index in [1.807, 2.05) is 24.1 Å². The Hall–Kier alpha value is -2.03. The van der Waals surface area contributed by atoms with E-state index in [4.69, 9.17) is 4.74 Å². The molecule has 138 valence electrons. The first-order chi connectivity index (χ1) is 12.0. The van der Waals surface area contributed by atoms with Gasteiger partial charge in [0.05, 0.1) is 18.7 Å². The first-order valence-corrected chi connectivity index (χ1v) is 8.31. The summed E-state index contributed by atoms with van der Waals surface area (Å²) in [5, 5.41) is 13.1. The predicted octanol–water partition coefficient (Wildman–Crippen LogP) is -0.762. The van der Waals surface area contributed by atoms with Crippen molar-refractivity contribution < 1.29 is 19.4 Å². The van der Waals surface area contributed by atoms with Crippen molar-refractivity contribution in [3.8, 4) is 0 Å². The highest BCUT2D eigenvalue weighted by molar-refractivity contribution is 5.79. The molecule has 2 amide bonds. The molecule has 2 rings (SSSR count). The highest BCUT2D eigenvalue weighted by atomic mass is 16.5. The lowest BCUT2D eigenvalue weighted by atomic mass is 10.0. The molecule has 0 spiro atoms. The van der Waals surface area contributed by atoms with E-state index in [9.17, 15) is 14.7 Å². The lowest BCUT2D eigenvalue weighted by molar-refractivity contribution is -0.139. The number of amides is 2. The van der Waals surface area contributed by atoms with Crippen molar-refractivity contribution >= 4 is 11.8 Å². The number of nitrogens with one attached hydrogen (secondary N) is 1. The molecule has 1 aromatic heterocycles. The Kier molecular flexibility index (Phi) is 7.30. The Bertz CT molecular complexity index is 569. The lowest BCUT2D eigenvalue weighted by Gasteiger charge is -2.36. The van der Waals surface area contributed by atoms with E-state index in [0.717, 1.165) is 5.56 Å². The van der Waals surface area contributed by atoms with Gasteiger partial charge in [0.15, 0.2) is 0 Å². The standard InChI is InChI=1S/C17H26N4O4/c1-20(9-13-3-6-18-7-4-13)11-16(23)19-14-5-8-21(10-15(14)22)17(24)12-25-2/h3-4,6-7,14-15,22H,5,8-12H2,1-2H3,(H,19,23)/t14-,15-/m1/s1. The number of pyridine rings is 1. The van der Waals surface area contributed by atoms with Gasteiger partial charge in [-0.3, -0.25) is 19.5 Å². The van der Waals surface area contributed by atoms with Crippen molar-refractivity contribution in [1.29, 1.82) is 0 Å². The predicted molar refractivity (Wildman–Crippen MR) is 91.6 cm³/mol. The number of likely N-dealkylation sites (N-methyl/N-ethyl adjacent to an activating group) is 1. The number of piperidine rings is 1. The Morgan fingerprint density at radius 1 is 1.44 bits per heavy atom. The molecular weight excluding hydrogens is 324 g/mol. The number of aromatic nitrogens is 1. The summed E-state index contributed by atoms with van der Waals surface area (Å²) in [5.74, 6) is -0.291. The van der Waals surface area contributed by atoms with Gasteiger partial charge < -0.3 is 20.1 Å². The van der Waals surface area contributed by atoms with Gasteiger partial charge in [-0.05, 0) is 31.2 Å². The molecule has 1 fully saturated rings. The number of carbonyl (C=O) groups is 2. The van der Waals surface area contributed by atoms with Crippen molar-refractivity contribution in [2.45, 2.75) is 25.1 Å². The molecule has 2 atom stereocenters. The molecule has 0 bridgehead atoms. The number of hydrogen-bond donors (Lipinski definition) is 2. The quantitative estimate of drug-likeness (QED) is 0.671. The number of ether oxygens (including phenoxy) is 1. The first kappa shape index (κ1) is 19.3. The van der Waals surface area contributed by atoms with Gasteiger partial charge in [0.1, 0.15) is 6.61 Å². The van der Waals surface area contributed by atoms with Crippen molar-refractivity contribution in [3.63, 3.8) is 0 Å². The van der Waals surface area contributed by atoms with Crippen LogP contribution in [0.25, 0.3) is 0 Å². The third kappa shape index (κ3) is 6.08. The maximum Gasteiger partial charge on any atom is 0.248 e. The Morgan fingerprint density at radius 2 is 2.16 bits per heavy atom. The van der Waals surface area contributed by atoms with E-state index < -0.39 is 6.10 Å². The summed E-state index contributed by atoms with van der Waals surface area (Å²) in [4.78, 5) is 31.4. The zero-order valence-electron chi connectivity index (χ0n) is 14.7. The Balaban J connectivity index is 1.76. The molecule has 25 heavy (non-hydrogen) atoms. The van der Waals surface area contributed by atoms with Gasteiger partial charge in [-0.1, -0.05) is 0 Å². The summed E-state index contributed by atoms with van der Waals surface area (Å²) >= 11 is 0. The van der Waals surface area contributed by atoms with Gasteiger partial charge >= 0.3 is 0 Å². The molecule has 2 N–H and O–H groups in total. The second kappa shape index (κ2) is 9.45. The van der Waals surface area contributed by atoms with E-state index in [1.165, 1.54) is 7.11 Å². The third-order valence-corrected chi connectivity index (χ3v) is 4.16. The molecule has 0 saturated carbocycles. The number of hydrogen-bond acceptors (Lipinski definition) is 6. The van der Waals surface area contributed by atoms with Crippen molar-refractivity contribution in [2.75, 3.05) is 40.4 Å². The number of rotatable bonds is 7. The molecule has 1 aliphatic rings. The molecular formula is C17H26N4O4. The maximum absolute atomic E-state index is 12.2. The van der Waals surface area contributed by atoms with Crippen LogP contribution in [0.3, 0.4) is 0 Å². The van der Waals surface area contributed by atoms with Crippen molar-refractivity contribution in [2.24, 2.45) is 0 Å². The third-order valence-electron chi connectivity index (χ3n) is 4.16. The summed E-state index contributed by atoms with van der Waals surface area (Å²) in [6.07, 6.45) is 3.19. The van der Waals surface area contributed by atoms with Crippen LogP contribution in [0.4, 0.5) is 0 Å². The SMILES string of the molecule is COCC(=O)N1CC[C@@H](NC(=O)CN(C)Cc2ccncc2)[C@H](O)C1. The van der Waals surface area contributed by atoms with E-state index in [0.29, 0.717) is 19.5 Å². The van der Waals surface area contributed by atoms with Crippen LogP contribution in [-0.4, -0.2) is 84.2 Å². The van der Waals surface area contributed by atoms with Crippen LogP contribution in [0.2, 0.25) is 0 Å². The zero-order valence-corrected chi connectivity index (χ0v) is 14.7. The second-order valence-electron chi connectivity index (χ2n) is 6.33. The monoisotopic (exact) mass is 350 g/mol. The highest BCUT2D eigenvalue weighted by Crippen LogP contribution is 2.12. The van der Waals surface area contributed by atoms with Gasteiger partial charge in [0.25, 0.3) is 0 Å². The van der Waals surface area contributed by atoms with E-state index >= 15 is 0 Å². The summed E-state index contributed by atoms with van der Waals surface area (Å²) in [5.41, 5.74) is 1.08. The number of aliphatic hydroxyl groups is 1. The highest BCUT2D eigenvalue weighted by Gasteiger charge is 2.31. The van der Waals surface area contributed by atoms with E-state index in [1.54, 1.807) is 17.3 Å². The first-order valence-electron chi connectivity index (χ1n) is 8.31. The van der Waals surface area contributed by atoms with Gasteiger partial charge in [0.2, 0.25) is 11.8 Å². The summed E-state index contributed by atoms with van der Waals surface area (Å²) in [7, 11) is 3.33. The van der Waals surface area contributed by atoms with Crippen LogP contribution in [0.15, 0.2) is 24.5 Å². The number of likely N-dealkylation sites (tertiary alicyclic amines) is 1. The molecule has 8 heteroatoms. The normalized spacial score (nSPS) is 20.6. The van der Waals surface area contributed by atoms with Gasteiger partial charge in [-0.15, -0.1) is 0 Å². The fourth-order valence-electron chi connectivity index (χ4n) is 2.89. The number of methoxy groups -OCH3 is 1. The largest absolute Gasteiger partial charge is 0.389 e. The minimum absolute atomic E-state index is 0.00352. The summed E-state index contributed by atoms with van der Waals surface area (Å²) in [6, 6.07) is 3.48. The zero-order chi connectivity index (χ0) is 18.2. The van der Waals surface area contributed by atoms with Crippen molar-refractivity contribution in [1.82, 2.24) is 20.1 Å². The fourth-order valence-corrected chi connectivity index (χ4v) is 2.89. The van der Waals surface area contributed by atoms with Crippen LogP contribution in [0, 0.1) is 0 Å². The molecule has 0 aliphatic carbocycles. The molecule has 8 nitrogen and oxygen atoms in total. The van der Waals surface area contributed by atoms with Gasteiger partial charge in [-0.25, -0.2) is 0 Å². The van der Waals surface area contributed by atoms with Crippen LogP contribution >= 0.6 is 0 Å². The minimum atomic E-state index is -0.774. The van der Waals surface area contributed by atoms with Crippen molar-refractivity contribution in [3.05, 3.63) is 30.1 Å². The van der Waals surface area contributed by atoms with Gasteiger partial charge in [-0.2, -0.15) is 0 Å². The van der Waals surface area contributed by atoms with E-state index in [-0.39, 0.29) is 37.6 Å². The summed E-state index contributed by atoms with van der Waals surface area (Å²) < 4.78 is 4.82.